The molecule has 1 aliphatic heterocycles. The first kappa shape index (κ1) is 19.6. The van der Waals surface area contributed by atoms with Gasteiger partial charge in [0.25, 0.3) is 11.8 Å². The lowest BCUT2D eigenvalue weighted by Crippen LogP contribution is -2.32. The number of nitrogens with one attached hydrogen (secondary N) is 1. The minimum atomic E-state index is -0.288. The summed E-state index contributed by atoms with van der Waals surface area (Å²) in [6.45, 7) is 4.69. The van der Waals surface area contributed by atoms with Gasteiger partial charge >= 0.3 is 0 Å². The summed E-state index contributed by atoms with van der Waals surface area (Å²) in [4.78, 5) is 38.1. The average molecular weight is 380 g/mol. The molecule has 2 aromatic carbocycles. The molecule has 3 rings (SSSR count). The second-order valence-corrected chi connectivity index (χ2v) is 6.70. The molecule has 0 spiro atoms. The van der Waals surface area contributed by atoms with Gasteiger partial charge in [0.15, 0.2) is 0 Å². The highest BCUT2D eigenvalue weighted by atomic mass is 16.5. The van der Waals surface area contributed by atoms with E-state index >= 15 is 0 Å². The molecule has 0 aromatic heterocycles. The van der Waals surface area contributed by atoms with Crippen LogP contribution in [0.5, 0.6) is 5.75 Å². The van der Waals surface area contributed by atoms with Crippen LogP contribution in [0.2, 0.25) is 0 Å². The molecule has 6 heteroatoms. The number of amides is 3. The van der Waals surface area contributed by atoms with E-state index in [-0.39, 0.29) is 36.7 Å². The van der Waals surface area contributed by atoms with Crippen LogP contribution < -0.4 is 10.1 Å². The van der Waals surface area contributed by atoms with Crippen molar-refractivity contribution in [2.45, 2.75) is 32.7 Å². The highest BCUT2D eigenvalue weighted by molar-refractivity contribution is 6.21. The van der Waals surface area contributed by atoms with E-state index < -0.39 is 0 Å². The Labute approximate surface area is 164 Å². The Morgan fingerprint density at radius 2 is 1.64 bits per heavy atom. The lowest BCUT2D eigenvalue weighted by Gasteiger charge is -2.16. The topological polar surface area (TPSA) is 75.7 Å². The third-order valence-electron chi connectivity index (χ3n) is 4.73. The highest BCUT2D eigenvalue weighted by Gasteiger charge is 2.34. The van der Waals surface area contributed by atoms with Crippen LogP contribution in [0.4, 0.5) is 0 Å². The summed E-state index contributed by atoms with van der Waals surface area (Å²) in [6.07, 6.45) is 0.669. The van der Waals surface area contributed by atoms with Gasteiger partial charge in [-0.25, -0.2) is 0 Å². The Kier molecular flexibility index (Phi) is 6.09. The molecule has 0 saturated heterocycles. The number of rotatable bonds is 8. The van der Waals surface area contributed by atoms with Gasteiger partial charge in [-0.1, -0.05) is 24.3 Å². The molecular weight excluding hydrogens is 356 g/mol. The van der Waals surface area contributed by atoms with Gasteiger partial charge < -0.3 is 10.1 Å². The Morgan fingerprint density at radius 3 is 2.21 bits per heavy atom. The second kappa shape index (κ2) is 8.69. The van der Waals surface area contributed by atoms with Gasteiger partial charge in [0, 0.05) is 13.0 Å². The lowest BCUT2D eigenvalue weighted by molar-refractivity contribution is -0.121. The van der Waals surface area contributed by atoms with Gasteiger partial charge in [0.05, 0.1) is 23.8 Å². The van der Waals surface area contributed by atoms with Gasteiger partial charge in [-0.05, 0) is 50.1 Å². The summed E-state index contributed by atoms with van der Waals surface area (Å²) >= 11 is 0. The zero-order valence-corrected chi connectivity index (χ0v) is 16.1. The molecule has 0 aliphatic carbocycles. The summed E-state index contributed by atoms with van der Waals surface area (Å²) in [5, 5.41) is 2.94. The number of hydrogen-bond donors (Lipinski definition) is 1. The first-order chi connectivity index (χ1) is 13.5. The highest BCUT2D eigenvalue weighted by Crippen LogP contribution is 2.23. The molecule has 3 amide bonds. The summed E-state index contributed by atoms with van der Waals surface area (Å²) in [5.41, 5.74) is 1.85. The van der Waals surface area contributed by atoms with Crippen molar-refractivity contribution in [2.75, 3.05) is 13.2 Å². The maximum absolute atomic E-state index is 12.3. The van der Waals surface area contributed by atoms with E-state index in [0.29, 0.717) is 24.2 Å². The van der Waals surface area contributed by atoms with E-state index in [2.05, 4.69) is 5.32 Å². The maximum atomic E-state index is 12.3. The molecule has 0 radical (unpaired) electrons. The predicted molar refractivity (Wildman–Crippen MR) is 105 cm³/mol. The minimum Gasteiger partial charge on any atom is -0.494 e. The molecule has 0 saturated carbocycles. The lowest BCUT2D eigenvalue weighted by atomic mass is 10.1. The quantitative estimate of drug-likeness (QED) is 0.713. The monoisotopic (exact) mass is 380 g/mol. The molecule has 0 bridgehead atoms. The van der Waals surface area contributed by atoms with Crippen molar-refractivity contribution in [2.24, 2.45) is 0 Å². The standard InChI is InChI=1S/C22H24N2O4/c1-3-28-17-12-10-16(11-13-17)15(2)23-20(25)9-6-14-24-21(26)18-7-4-5-8-19(18)22(24)27/h4-5,7-8,10-13,15H,3,6,9,14H2,1-2H3,(H,23,25)/t15-/m0/s1. The van der Waals surface area contributed by atoms with Gasteiger partial charge in [0.1, 0.15) is 5.75 Å². The van der Waals surface area contributed by atoms with E-state index in [1.54, 1.807) is 24.3 Å². The molecule has 28 heavy (non-hydrogen) atoms. The van der Waals surface area contributed by atoms with Gasteiger partial charge in [-0.15, -0.1) is 0 Å². The zero-order chi connectivity index (χ0) is 20.1. The predicted octanol–water partition coefficient (Wildman–Crippen LogP) is 3.34. The SMILES string of the molecule is CCOc1ccc([C@H](C)NC(=O)CCCN2C(=O)c3ccccc3C2=O)cc1. The van der Waals surface area contributed by atoms with E-state index in [1.165, 1.54) is 4.90 Å². The Hall–Kier alpha value is -3.15. The second-order valence-electron chi connectivity index (χ2n) is 6.70. The van der Waals surface area contributed by atoms with Crippen LogP contribution in [0, 0.1) is 0 Å². The molecule has 1 heterocycles. The number of nitrogens with zero attached hydrogens (tertiary/aromatic N) is 1. The van der Waals surface area contributed by atoms with E-state index in [1.807, 2.05) is 38.1 Å². The molecule has 1 atom stereocenters. The molecule has 2 aromatic rings. The Morgan fingerprint density at radius 1 is 1.04 bits per heavy atom. The number of hydrogen-bond acceptors (Lipinski definition) is 4. The van der Waals surface area contributed by atoms with Crippen LogP contribution in [-0.2, 0) is 4.79 Å². The Balaban J connectivity index is 1.47. The first-order valence-corrected chi connectivity index (χ1v) is 9.48. The molecule has 1 aliphatic rings. The zero-order valence-electron chi connectivity index (χ0n) is 16.1. The number of imide groups is 1. The van der Waals surface area contributed by atoms with Crippen LogP contribution in [-0.4, -0.2) is 35.8 Å². The minimum absolute atomic E-state index is 0.113. The summed E-state index contributed by atoms with van der Waals surface area (Å²) in [7, 11) is 0. The van der Waals surface area contributed by atoms with Crippen molar-refractivity contribution in [3.63, 3.8) is 0 Å². The molecule has 6 nitrogen and oxygen atoms in total. The number of carbonyl (C=O) groups is 3. The fourth-order valence-electron chi connectivity index (χ4n) is 3.26. The molecule has 1 N–H and O–H groups in total. The van der Waals surface area contributed by atoms with Crippen LogP contribution in [0.15, 0.2) is 48.5 Å². The van der Waals surface area contributed by atoms with Gasteiger partial charge in [-0.2, -0.15) is 0 Å². The summed E-state index contributed by atoms with van der Waals surface area (Å²) in [5.74, 6) is 0.108. The van der Waals surface area contributed by atoms with E-state index in [4.69, 9.17) is 4.74 Å². The molecule has 0 unspecified atom stereocenters. The Bertz CT molecular complexity index is 841. The number of fused-ring (bicyclic) bond motifs is 1. The first-order valence-electron chi connectivity index (χ1n) is 9.48. The van der Waals surface area contributed by atoms with Crippen LogP contribution in [0.3, 0.4) is 0 Å². The number of carbonyl (C=O) groups excluding carboxylic acids is 3. The average Bonchev–Trinajstić information content (AvgIpc) is 2.94. The van der Waals surface area contributed by atoms with Crippen LogP contribution in [0.1, 0.15) is 59.0 Å². The fraction of sp³-hybridized carbons (Fsp3) is 0.318. The van der Waals surface area contributed by atoms with Crippen molar-refractivity contribution in [1.29, 1.82) is 0 Å². The fourth-order valence-corrected chi connectivity index (χ4v) is 3.26. The summed E-state index contributed by atoms with van der Waals surface area (Å²) < 4.78 is 5.42. The van der Waals surface area contributed by atoms with Crippen molar-refractivity contribution in [3.05, 3.63) is 65.2 Å². The largest absolute Gasteiger partial charge is 0.494 e. The van der Waals surface area contributed by atoms with E-state index in [9.17, 15) is 14.4 Å². The third-order valence-corrected chi connectivity index (χ3v) is 4.73. The van der Waals surface area contributed by atoms with Crippen molar-refractivity contribution < 1.29 is 19.1 Å². The van der Waals surface area contributed by atoms with Crippen molar-refractivity contribution >= 4 is 17.7 Å². The van der Waals surface area contributed by atoms with Gasteiger partial charge in [-0.3, -0.25) is 19.3 Å². The molecule has 146 valence electrons. The number of benzene rings is 2. The van der Waals surface area contributed by atoms with E-state index in [0.717, 1.165) is 11.3 Å². The molecular formula is C22H24N2O4. The third kappa shape index (κ3) is 4.22. The van der Waals surface area contributed by atoms with Crippen LogP contribution in [0.25, 0.3) is 0 Å². The normalized spacial score (nSPS) is 14.0. The van der Waals surface area contributed by atoms with Crippen molar-refractivity contribution in [1.82, 2.24) is 10.2 Å². The maximum Gasteiger partial charge on any atom is 0.261 e. The number of ether oxygens (including phenoxy) is 1. The van der Waals surface area contributed by atoms with Gasteiger partial charge in [0.2, 0.25) is 5.91 Å². The summed E-state index contributed by atoms with van der Waals surface area (Å²) in [6, 6.07) is 14.3. The smallest absolute Gasteiger partial charge is 0.261 e. The molecule has 0 fully saturated rings. The van der Waals surface area contributed by atoms with Crippen LogP contribution >= 0.6 is 0 Å². The van der Waals surface area contributed by atoms with Crippen molar-refractivity contribution in [3.8, 4) is 5.75 Å².